The van der Waals surface area contributed by atoms with Crippen LogP contribution in [-0.2, 0) is 0 Å². The molecule has 1 unspecified atom stereocenters. The van der Waals surface area contributed by atoms with Gasteiger partial charge in [-0.25, -0.2) is 0 Å². The van der Waals surface area contributed by atoms with Gasteiger partial charge in [-0.1, -0.05) is 33.6 Å². The topological polar surface area (TPSA) is 0 Å². The molecule has 0 aliphatic heterocycles. The van der Waals surface area contributed by atoms with Gasteiger partial charge in [0.2, 0.25) is 0 Å². The van der Waals surface area contributed by atoms with Crippen LogP contribution in [0, 0.1) is 23.7 Å². The molecule has 1 rings (SSSR count). The van der Waals surface area contributed by atoms with Crippen molar-refractivity contribution in [1.29, 1.82) is 0 Å². The first-order valence-electron chi connectivity index (χ1n) is 5.76. The van der Waals surface area contributed by atoms with Gasteiger partial charge in [-0.2, -0.15) is 12.6 Å². The highest BCUT2D eigenvalue weighted by Crippen LogP contribution is 2.36. The predicted octanol–water partition coefficient (Wildman–Crippen LogP) is 4.01. The third kappa shape index (κ3) is 3.19. The Balaban J connectivity index is 2.56. The molecule has 1 heteroatoms. The third-order valence-corrected chi connectivity index (χ3v) is 4.19. The summed E-state index contributed by atoms with van der Waals surface area (Å²) in [4.78, 5) is 0. The van der Waals surface area contributed by atoms with E-state index in [0.29, 0.717) is 0 Å². The summed E-state index contributed by atoms with van der Waals surface area (Å²) in [6.45, 7) is 7.15. The lowest BCUT2D eigenvalue weighted by Crippen LogP contribution is -2.20. The Bertz CT molecular complexity index is 142. The van der Waals surface area contributed by atoms with Crippen LogP contribution in [0.5, 0.6) is 0 Å². The van der Waals surface area contributed by atoms with Crippen molar-refractivity contribution in [3.63, 3.8) is 0 Å². The van der Waals surface area contributed by atoms with Crippen molar-refractivity contribution in [2.75, 3.05) is 5.75 Å². The van der Waals surface area contributed by atoms with E-state index in [0.717, 1.165) is 29.4 Å². The van der Waals surface area contributed by atoms with Crippen LogP contribution in [0.3, 0.4) is 0 Å². The molecule has 0 nitrogen and oxygen atoms in total. The summed E-state index contributed by atoms with van der Waals surface area (Å²) in [7, 11) is 0. The molecule has 0 spiro atoms. The van der Waals surface area contributed by atoms with Gasteiger partial charge in [-0.05, 0) is 42.3 Å². The maximum Gasteiger partial charge on any atom is -0.00668 e. The molecule has 13 heavy (non-hydrogen) atoms. The molecule has 0 aromatic rings. The smallest absolute Gasteiger partial charge is 0.00668 e. The lowest BCUT2D eigenvalue weighted by atomic mass is 9.81. The summed E-state index contributed by atoms with van der Waals surface area (Å²) in [5.74, 6) is 4.71. The highest BCUT2D eigenvalue weighted by molar-refractivity contribution is 7.80. The lowest BCUT2D eigenvalue weighted by Gasteiger charge is -2.26. The summed E-state index contributed by atoms with van der Waals surface area (Å²) < 4.78 is 0. The van der Waals surface area contributed by atoms with Crippen LogP contribution in [0.2, 0.25) is 0 Å². The first-order valence-corrected chi connectivity index (χ1v) is 6.39. The van der Waals surface area contributed by atoms with Crippen molar-refractivity contribution in [2.45, 2.75) is 46.5 Å². The molecule has 0 saturated heterocycles. The molecule has 0 radical (unpaired) electrons. The van der Waals surface area contributed by atoms with Crippen LogP contribution in [-0.4, -0.2) is 5.75 Å². The van der Waals surface area contributed by atoms with Crippen LogP contribution in [0.4, 0.5) is 0 Å². The second kappa shape index (κ2) is 5.29. The number of hydrogen-bond acceptors (Lipinski definition) is 1. The van der Waals surface area contributed by atoms with Crippen molar-refractivity contribution in [2.24, 2.45) is 23.7 Å². The largest absolute Gasteiger partial charge is 0.179 e. The van der Waals surface area contributed by atoms with Gasteiger partial charge >= 0.3 is 0 Å². The van der Waals surface area contributed by atoms with E-state index in [1.54, 1.807) is 0 Å². The SMILES string of the molecule is CC(C)[C@H]1CC[C@@H](C)CCC1CS. The van der Waals surface area contributed by atoms with Crippen molar-refractivity contribution in [3.05, 3.63) is 0 Å². The third-order valence-electron chi connectivity index (χ3n) is 3.72. The maximum atomic E-state index is 4.49. The zero-order valence-electron chi connectivity index (χ0n) is 9.29. The fraction of sp³-hybridized carbons (Fsp3) is 1.00. The minimum Gasteiger partial charge on any atom is -0.179 e. The van der Waals surface area contributed by atoms with Gasteiger partial charge in [0.25, 0.3) is 0 Å². The summed E-state index contributed by atoms with van der Waals surface area (Å²) in [5.41, 5.74) is 0. The zero-order chi connectivity index (χ0) is 9.84. The number of rotatable bonds is 2. The average molecular weight is 200 g/mol. The predicted molar refractivity (Wildman–Crippen MR) is 63.3 cm³/mol. The molecule has 0 amide bonds. The van der Waals surface area contributed by atoms with Crippen LogP contribution >= 0.6 is 12.6 Å². The van der Waals surface area contributed by atoms with E-state index in [1.807, 2.05) is 0 Å². The lowest BCUT2D eigenvalue weighted by molar-refractivity contribution is 0.260. The van der Waals surface area contributed by atoms with Gasteiger partial charge in [-0.15, -0.1) is 0 Å². The Kier molecular flexibility index (Phi) is 4.64. The summed E-state index contributed by atoms with van der Waals surface area (Å²) >= 11 is 4.49. The minimum atomic E-state index is 0.849. The number of thiol groups is 1. The van der Waals surface area contributed by atoms with E-state index in [4.69, 9.17) is 0 Å². The molecule has 78 valence electrons. The van der Waals surface area contributed by atoms with Gasteiger partial charge in [0, 0.05) is 0 Å². The van der Waals surface area contributed by atoms with E-state index < -0.39 is 0 Å². The van der Waals surface area contributed by atoms with Crippen LogP contribution < -0.4 is 0 Å². The zero-order valence-corrected chi connectivity index (χ0v) is 10.2. The molecule has 1 aliphatic rings. The van der Waals surface area contributed by atoms with Crippen molar-refractivity contribution in [1.82, 2.24) is 0 Å². The Labute approximate surface area is 88.9 Å². The molecular weight excluding hydrogens is 176 g/mol. The summed E-state index contributed by atoms with van der Waals surface area (Å²) in [6, 6.07) is 0. The molecule has 1 saturated carbocycles. The van der Waals surface area contributed by atoms with Crippen molar-refractivity contribution < 1.29 is 0 Å². The Hall–Kier alpha value is 0.350. The summed E-state index contributed by atoms with van der Waals surface area (Å²) in [5, 5.41) is 0. The molecule has 0 N–H and O–H groups in total. The van der Waals surface area contributed by atoms with E-state index in [1.165, 1.54) is 25.7 Å². The number of hydrogen-bond donors (Lipinski definition) is 1. The van der Waals surface area contributed by atoms with Crippen LogP contribution in [0.1, 0.15) is 46.5 Å². The van der Waals surface area contributed by atoms with E-state index in [2.05, 4.69) is 33.4 Å². The molecule has 1 fully saturated rings. The molecule has 0 bridgehead atoms. The second-order valence-electron chi connectivity index (χ2n) is 5.11. The molecule has 0 heterocycles. The molecule has 1 aliphatic carbocycles. The molecular formula is C12H24S. The maximum absolute atomic E-state index is 4.49. The van der Waals surface area contributed by atoms with Gasteiger partial charge in [-0.3, -0.25) is 0 Å². The fourth-order valence-corrected chi connectivity index (χ4v) is 3.13. The molecule has 3 atom stereocenters. The van der Waals surface area contributed by atoms with E-state index in [9.17, 15) is 0 Å². The van der Waals surface area contributed by atoms with Gasteiger partial charge < -0.3 is 0 Å². The first kappa shape index (κ1) is 11.4. The monoisotopic (exact) mass is 200 g/mol. The van der Waals surface area contributed by atoms with Crippen molar-refractivity contribution >= 4 is 12.6 Å². The Morgan fingerprint density at radius 3 is 2.31 bits per heavy atom. The first-order chi connectivity index (χ1) is 6.15. The second-order valence-corrected chi connectivity index (χ2v) is 5.48. The minimum absolute atomic E-state index is 0.849. The molecule has 0 aromatic carbocycles. The highest BCUT2D eigenvalue weighted by Gasteiger charge is 2.26. The van der Waals surface area contributed by atoms with Crippen molar-refractivity contribution in [3.8, 4) is 0 Å². The van der Waals surface area contributed by atoms with Gasteiger partial charge in [0.15, 0.2) is 0 Å². The Morgan fingerprint density at radius 2 is 1.77 bits per heavy atom. The van der Waals surface area contributed by atoms with Crippen LogP contribution in [0.25, 0.3) is 0 Å². The van der Waals surface area contributed by atoms with E-state index >= 15 is 0 Å². The fourth-order valence-electron chi connectivity index (χ4n) is 2.67. The van der Waals surface area contributed by atoms with Gasteiger partial charge in [0.05, 0.1) is 0 Å². The summed E-state index contributed by atoms with van der Waals surface area (Å²) in [6.07, 6.45) is 5.71. The average Bonchev–Trinajstić information content (AvgIpc) is 2.26. The quantitative estimate of drug-likeness (QED) is 0.505. The highest BCUT2D eigenvalue weighted by atomic mass is 32.1. The molecule has 0 aromatic heterocycles. The normalized spacial score (nSPS) is 36.2. The van der Waals surface area contributed by atoms with Gasteiger partial charge in [0.1, 0.15) is 0 Å². The standard InChI is InChI=1S/C12H24S/c1-9(2)12-7-5-10(3)4-6-11(12)8-13/h9-13H,4-8H2,1-3H3/t10-,11?,12+/m0/s1. The van der Waals surface area contributed by atoms with Crippen LogP contribution in [0.15, 0.2) is 0 Å². The van der Waals surface area contributed by atoms with E-state index in [-0.39, 0.29) is 0 Å². The Morgan fingerprint density at radius 1 is 1.15 bits per heavy atom.